The molecule has 2 aromatic rings. The number of furan rings is 1. The molecule has 128 valence electrons. The summed E-state index contributed by atoms with van der Waals surface area (Å²) in [6.07, 6.45) is 4.14. The fraction of sp³-hybridized carbons (Fsp3) is 0.471. The number of hydrogen-bond acceptors (Lipinski definition) is 5. The topological polar surface area (TPSA) is 83.6 Å². The molecule has 6 nitrogen and oxygen atoms in total. The van der Waals surface area contributed by atoms with Crippen LogP contribution in [0, 0.1) is 12.8 Å². The van der Waals surface area contributed by atoms with Crippen molar-refractivity contribution in [2.75, 3.05) is 13.1 Å². The molecule has 1 N–H and O–H groups in total. The lowest BCUT2D eigenvalue weighted by Crippen LogP contribution is -2.39. The van der Waals surface area contributed by atoms with Crippen molar-refractivity contribution in [1.82, 2.24) is 9.88 Å². The van der Waals surface area contributed by atoms with Crippen molar-refractivity contribution in [2.24, 2.45) is 5.92 Å². The third-order valence-electron chi connectivity index (χ3n) is 4.29. The maximum absolute atomic E-state index is 12.7. The molecular weight excluding hydrogens is 328 g/mol. The number of carboxylic acids is 1. The highest BCUT2D eigenvalue weighted by molar-refractivity contribution is 7.09. The normalized spacial score (nSPS) is 17.9. The van der Waals surface area contributed by atoms with Gasteiger partial charge in [0.15, 0.2) is 5.76 Å². The number of aryl methyl sites for hydroxylation is 1. The van der Waals surface area contributed by atoms with Gasteiger partial charge < -0.3 is 14.4 Å². The Kier molecular flexibility index (Phi) is 4.99. The van der Waals surface area contributed by atoms with E-state index in [0.29, 0.717) is 30.8 Å². The summed E-state index contributed by atoms with van der Waals surface area (Å²) in [5.74, 6) is 0.0157. The molecule has 1 amide bonds. The molecule has 3 rings (SSSR count). The number of carboxylic acid groups (broad SMARTS) is 1. The van der Waals surface area contributed by atoms with Gasteiger partial charge in [-0.3, -0.25) is 9.59 Å². The van der Waals surface area contributed by atoms with Gasteiger partial charge in [-0.15, -0.1) is 11.3 Å². The fourth-order valence-electron chi connectivity index (χ4n) is 3.05. The van der Waals surface area contributed by atoms with Crippen LogP contribution < -0.4 is 0 Å². The number of piperidine rings is 1. The van der Waals surface area contributed by atoms with Gasteiger partial charge in [0.2, 0.25) is 0 Å². The Hall–Kier alpha value is -2.15. The summed E-state index contributed by atoms with van der Waals surface area (Å²) < 4.78 is 5.50. The Morgan fingerprint density at radius 3 is 3.04 bits per heavy atom. The monoisotopic (exact) mass is 348 g/mol. The summed E-state index contributed by atoms with van der Waals surface area (Å²) in [7, 11) is 0. The molecular formula is C17H20N2O4S. The van der Waals surface area contributed by atoms with Crippen molar-refractivity contribution in [3.8, 4) is 11.5 Å². The molecule has 1 atom stereocenters. The highest BCUT2D eigenvalue weighted by Gasteiger charge is 2.26. The molecule has 3 heterocycles. The van der Waals surface area contributed by atoms with Gasteiger partial charge in [0.05, 0.1) is 10.6 Å². The zero-order chi connectivity index (χ0) is 17.1. The second-order valence-corrected chi connectivity index (χ2v) is 7.21. The second kappa shape index (κ2) is 7.17. The lowest BCUT2D eigenvalue weighted by molar-refractivity contribution is -0.137. The average molecular weight is 348 g/mol. The Bertz CT molecular complexity index is 737. The standard InChI is InChI=1S/C17H20N2O4S/c1-11-18-14(10-24-11)15-7-13(9-23-15)17(22)19-6-2-3-12(8-19)4-5-16(20)21/h7,9-10,12H,2-6,8H2,1H3,(H,20,21). The third-order valence-corrected chi connectivity index (χ3v) is 5.06. The first-order valence-electron chi connectivity index (χ1n) is 8.05. The molecule has 0 aromatic carbocycles. The summed E-state index contributed by atoms with van der Waals surface area (Å²) in [6.45, 7) is 3.25. The summed E-state index contributed by atoms with van der Waals surface area (Å²) >= 11 is 1.54. The Balaban J connectivity index is 1.65. The molecule has 0 radical (unpaired) electrons. The van der Waals surface area contributed by atoms with E-state index >= 15 is 0 Å². The smallest absolute Gasteiger partial charge is 0.303 e. The number of carbonyl (C=O) groups is 2. The maximum atomic E-state index is 12.7. The van der Waals surface area contributed by atoms with Gasteiger partial charge in [-0.1, -0.05) is 0 Å². The van der Waals surface area contributed by atoms with E-state index < -0.39 is 5.97 Å². The molecule has 7 heteroatoms. The van der Waals surface area contributed by atoms with Crippen LogP contribution in [0.15, 0.2) is 22.1 Å². The molecule has 1 aliphatic rings. The summed E-state index contributed by atoms with van der Waals surface area (Å²) in [5, 5.41) is 11.7. The Morgan fingerprint density at radius 1 is 1.50 bits per heavy atom. The zero-order valence-electron chi connectivity index (χ0n) is 13.5. The van der Waals surface area contributed by atoms with E-state index in [1.54, 1.807) is 11.0 Å². The number of nitrogens with zero attached hydrogens (tertiary/aromatic N) is 2. The van der Waals surface area contributed by atoms with Crippen LogP contribution in [0.3, 0.4) is 0 Å². The number of carbonyl (C=O) groups excluding carboxylic acids is 1. The zero-order valence-corrected chi connectivity index (χ0v) is 14.3. The molecule has 1 aliphatic heterocycles. The van der Waals surface area contributed by atoms with Crippen LogP contribution in [-0.4, -0.2) is 40.0 Å². The molecule has 24 heavy (non-hydrogen) atoms. The SMILES string of the molecule is Cc1nc(-c2cc(C(=O)N3CCCC(CCC(=O)O)C3)co2)cs1. The van der Waals surface area contributed by atoms with Gasteiger partial charge >= 0.3 is 5.97 Å². The lowest BCUT2D eigenvalue weighted by atomic mass is 9.93. The first-order valence-corrected chi connectivity index (χ1v) is 8.93. The summed E-state index contributed by atoms with van der Waals surface area (Å²) in [4.78, 5) is 29.6. The van der Waals surface area contributed by atoms with Crippen LogP contribution >= 0.6 is 11.3 Å². The summed E-state index contributed by atoms with van der Waals surface area (Å²) in [5.41, 5.74) is 1.27. The van der Waals surface area contributed by atoms with Gasteiger partial charge in [-0.2, -0.15) is 0 Å². The molecule has 0 bridgehead atoms. The van der Waals surface area contributed by atoms with Gasteiger partial charge in [-0.05, 0) is 38.2 Å². The van der Waals surface area contributed by atoms with Crippen molar-refractivity contribution in [3.05, 3.63) is 28.3 Å². The number of rotatable bonds is 5. The molecule has 1 fully saturated rings. The van der Waals surface area contributed by atoms with Crippen molar-refractivity contribution < 1.29 is 19.1 Å². The molecule has 1 unspecified atom stereocenters. The van der Waals surface area contributed by atoms with E-state index in [0.717, 1.165) is 23.5 Å². The first-order chi connectivity index (χ1) is 11.5. The number of aliphatic carboxylic acids is 1. The molecule has 0 saturated carbocycles. The highest BCUT2D eigenvalue weighted by atomic mass is 32.1. The minimum Gasteiger partial charge on any atom is -0.481 e. The number of likely N-dealkylation sites (tertiary alicyclic amines) is 1. The fourth-order valence-corrected chi connectivity index (χ4v) is 3.66. The molecule has 2 aromatic heterocycles. The lowest BCUT2D eigenvalue weighted by Gasteiger charge is -2.32. The van der Waals surface area contributed by atoms with Crippen molar-refractivity contribution in [3.63, 3.8) is 0 Å². The number of thiazole rings is 1. The Morgan fingerprint density at radius 2 is 2.33 bits per heavy atom. The van der Waals surface area contributed by atoms with Crippen molar-refractivity contribution in [1.29, 1.82) is 0 Å². The average Bonchev–Trinajstić information content (AvgIpc) is 3.21. The van der Waals surface area contributed by atoms with Crippen LogP contribution in [0.5, 0.6) is 0 Å². The van der Waals surface area contributed by atoms with Crippen LogP contribution in [0.1, 0.15) is 41.0 Å². The van der Waals surface area contributed by atoms with E-state index in [4.69, 9.17) is 9.52 Å². The molecule has 0 spiro atoms. The van der Waals surface area contributed by atoms with Crippen molar-refractivity contribution >= 4 is 23.2 Å². The first kappa shape index (κ1) is 16.7. The number of amides is 1. The highest BCUT2D eigenvalue weighted by Crippen LogP contribution is 2.26. The minimum absolute atomic E-state index is 0.0584. The minimum atomic E-state index is -0.781. The number of aromatic nitrogens is 1. The number of hydrogen-bond donors (Lipinski definition) is 1. The predicted molar refractivity (Wildman–Crippen MR) is 90.1 cm³/mol. The largest absolute Gasteiger partial charge is 0.481 e. The van der Waals surface area contributed by atoms with Crippen LogP contribution in [0.25, 0.3) is 11.5 Å². The van der Waals surface area contributed by atoms with E-state index in [-0.39, 0.29) is 18.2 Å². The van der Waals surface area contributed by atoms with E-state index in [9.17, 15) is 9.59 Å². The van der Waals surface area contributed by atoms with Crippen LogP contribution in [0.4, 0.5) is 0 Å². The predicted octanol–water partition coefficient (Wildman–Crippen LogP) is 3.43. The van der Waals surface area contributed by atoms with E-state index in [1.807, 2.05) is 12.3 Å². The molecule has 1 saturated heterocycles. The van der Waals surface area contributed by atoms with Gasteiger partial charge in [0, 0.05) is 24.9 Å². The third kappa shape index (κ3) is 3.84. The van der Waals surface area contributed by atoms with Gasteiger partial charge in [0.25, 0.3) is 5.91 Å². The van der Waals surface area contributed by atoms with Crippen LogP contribution in [0.2, 0.25) is 0 Å². The van der Waals surface area contributed by atoms with Crippen molar-refractivity contribution in [2.45, 2.75) is 32.6 Å². The van der Waals surface area contributed by atoms with Gasteiger partial charge in [0.1, 0.15) is 12.0 Å². The molecule has 0 aliphatic carbocycles. The Labute approximate surface area is 144 Å². The summed E-state index contributed by atoms with van der Waals surface area (Å²) in [6, 6.07) is 1.73. The second-order valence-electron chi connectivity index (χ2n) is 6.14. The van der Waals surface area contributed by atoms with Crippen LogP contribution in [-0.2, 0) is 4.79 Å². The quantitative estimate of drug-likeness (QED) is 0.895. The van der Waals surface area contributed by atoms with E-state index in [1.165, 1.54) is 17.6 Å². The maximum Gasteiger partial charge on any atom is 0.303 e. The van der Waals surface area contributed by atoms with E-state index in [2.05, 4.69) is 4.98 Å². The van der Waals surface area contributed by atoms with Gasteiger partial charge in [-0.25, -0.2) is 4.98 Å².